The van der Waals surface area contributed by atoms with Crippen molar-refractivity contribution in [2.75, 3.05) is 0 Å². The zero-order chi connectivity index (χ0) is 16.0. The first-order valence-corrected chi connectivity index (χ1v) is 7.04. The molecular weight excluding hydrogens is 268 g/mol. The highest BCUT2D eigenvalue weighted by Gasteiger charge is 2.18. The summed E-state index contributed by atoms with van der Waals surface area (Å²) < 4.78 is 0. The third kappa shape index (κ3) is 5.38. The summed E-state index contributed by atoms with van der Waals surface area (Å²) in [5, 5.41) is 13.5. The summed E-state index contributed by atoms with van der Waals surface area (Å²) in [4.78, 5) is 22.0. The zero-order valence-electron chi connectivity index (χ0n) is 12.9. The Kier molecular flexibility index (Phi) is 6.09. The fraction of sp³-hybridized carbons (Fsp3) is 0.438. The van der Waals surface area contributed by atoms with Crippen molar-refractivity contribution >= 4 is 17.7 Å². The molecule has 0 fully saturated rings. The zero-order valence-corrected chi connectivity index (χ0v) is 12.9. The van der Waals surface area contributed by atoms with Gasteiger partial charge in [0.1, 0.15) is 0 Å². The standard InChI is InChI=1S/C16H22N2O3/c1-11(2)16(12(3)4)17-15(19)10-7-13-5-8-14(9-6-13)18(20)21/h5-12,16H,1-4H3,(H,17,19). The summed E-state index contributed by atoms with van der Waals surface area (Å²) in [6, 6.07) is 6.19. The van der Waals surface area contributed by atoms with E-state index in [-0.39, 0.29) is 17.6 Å². The lowest BCUT2D eigenvalue weighted by molar-refractivity contribution is -0.384. The molecule has 0 radical (unpaired) electrons. The lowest BCUT2D eigenvalue weighted by Gasteiger charge is -2.25. The Morgan fingerprint density at radius 1 is 1.14 bits per heavy atom. The van der Waals surface area contributed by atoms with Crippen molar-refractivity contribution in [2.45, 2.75) is 33.7 Å². The van der Waals surface area contributed by atoms with E-state index >= 15 is 0 Å². The van der Waals surface area contributed by atoms with Gasteiger partial charge in [-0.05, 0) is 35.6 Å². The van der Waals surface area contributed by atoms with Crippen molar-refractivity contribution in [3.8, 4) is 0 Å². The van der Waals surface area contributed by atoms with Crippen LogP contribution in [0.25, 0.3) is 6.08 Å². The normalized spacial score (nSPS) is 11.6. The predicted molar refractivity (Wildman–Crippen MR) is 83.7 cm³/mol. The van der Waals surface area contributed by atoms with Gasteiger partial charge in [0.05, 0.1) is 4.92 Å². The molecule has 5 nitrogen and oxygen atoms in total. The minimum absolute atomic E-state index is 0.0382. The largest absolute Gasteiger partial charge is 0.349 e. The Morgan fingerprint density at radius 3 is 2.10 bits per heavy atom. The van der Waals surface area contributed by atoms with E-state index in [9.17, 15) is 14.9 Å². The average Bonchev–Trinajstić information content (AvgIpc) is 2.42. The molecule has 0 aromatic heterocycles. The van der Waals surface area contributed by atoms with Gasteiger partial charge in [0.25, 0.3) is 5.69 Å². The third-order valence-corrected chi connectivity index (χ3v) is 3.28. The van der Waals surface area contributed by atoms with Crippen molar-refractivity contribution in [3.05, 3.63) is 46.0 Å². The van der Waals surface area contributed by atoms with E-state index < -0.39 is 4.92 Å². The summed E-state index contributed by atoms with van der Waals surface area (Å²) in [6.07, 6.45) is 3.11. The Hall–Kier alpha value is -2.17. The Labute approximate surface area is 125 Å². The van der Waals surface area contributed by atoms with Crippen LogP contribution in [-0.2, 0) is 4.79 Å². The first-order chi connectivity index (χ1) is 9.81. The van der Waals surface area contributed by atoms with Gasteiger partial charge >= 0.3 is 0 Å². The van der Waals surface area contributed by atoms with Gasteiger partial charge in [-0.2, -0.15) is 0 Å². The van der Waals surface area contributed by atoms with Gasteiger partial charge in [-0.25, -0.2) is 0 Å². The number of non-ortho nitro benzene ring substituents is 1. The molecule has 0 aliphatic heterocycles. The minimum Gasteiger partial charge on any atom is -0.349 e. The number of nitro groups is 1. The van der Waals surface area contributed by atoms with Crippen molar-refractivity contribution in [1.82, 2.24) is 5.32 Å². The molecule has 0 unspecified atom stereocenters. The SMILES string of the molecule is CC(C)C(NC(=O)C=Cc1ccc([N+](=O)[O-])cc1)C(C)C. The Balaban J connectivity index is 2.67. The van der Waals surface area contributed by atoms with Gasteiger partial charge in [0, 0.05) is 24.3 Å². The topological polar surface area (TPSA) is 72.2 Å². The number of carbonyl (C=O) groups is 1. The summed E-state index contributed by atoms with van der Waals surface area (Å²) in [6.45, 7) is 8.30. The number of carbonyl (C=O) groups excluding carboxylic acids is 1. The van der Waals surface area contributed by atoms with Gasteiger partial charge in [0.2, 0.25) is 5.91 Å². The maximum Gasteiger partial charge on any atom is 0.269 e. The molecule has 0 saturated carbocycles. The molecule has 114 valence electrons. The molecule has 5 heteroatoms. The van der Waals surface area contributed by atoms with E-state index in [1.165, 1.54) is 18.2 Å². The van der Waals surface area contributed by atoms with Crippen LogP contribution in [0, 0.1) is 22.0 Å². The van der Waals surface area contributed by atoms with E-state index in [2.05, 4.69) is 33.0 Å². The molecule has 1 aromatic rings. The molecule has 1 amide bonds. The Bertz CT molecular complexity index is 511. The number of amides is 1. The smallest absolute Gasteiger partial charge is 0.269 e. The molecule has 0 atom stereocenters. The van der Waals surface area contributed by atoms with E-state index in [0.29, 0.717) is 11.8 Å². The van der Waals surface area contributed by atoms with Gasteiger partial charge in [-0.15, -0.1) is 0 Å². The van der Waals surface area contributed by atoms with Crippen LogP contribution in [0.5, 0.6) is 0 Å². The van der Waals surface area contributed by atoms with Crippen molar-refractivity contribution < 1.29 is 9.72 Å². The highest BCUT2D eigenvalue weighted by Crippen LogP contribution is 2.14. The molecule has 0 spiro atoms. The minimum atomic E-state index is -0.448. The monoisotopic (exact) mass is 290 g/mol. The van der Waals surface area contributed by atoms with E-state index in [4.69, 9.17) is 0 Å². The van der Waals surface area contributed by atoms with Crippen LogP contribution in [0.4, 0.5) is 5.69 Å². The maximum absolute atomic E-state index is 11.9. The van der Waals surface area contributed by atoms with Gasteiger partial charge < -0.3 is 5.32 Å². The quantitative estimate of drug-likeness (QED) is 0.496. The van der Waals surface area contributed by atoms with E-state index in [0.717, 1.165) is 5.56 Å². The van der Waals surface area contributed by atoms with Crippen molar-refractivity contribution in [1.29, 1.82) is 0 Å². The Morgan fingerprint density at radius 2 is 1.67 bits per heavy atom. The van der Waals surface area contributed by atoms with E-state index in [1.54, 1.807) is 18.2 Å². The molecule has 1 rings (SSSR count). The highest BCUT2D eigenvalue weighted by atomic mass is 16.6. The molecule has 0 saturated heterocycles. The number of nitrogens with one attached hydrogen (secondary N) is 1. The molecule has 0 heterocycles. The lowest BCUT2D eigenvalue weighted by Crippen LogP contribution is -2.41. The molecular formula is C16H22N2O3. The lowest BCUT2D eigenvalue weighted by atomic mass is 9.93. The second-order valence-electron chi connectivity index (χ2n) is 5.70. The molecule has 21 heavy (non-hydrogen) atoms. The molecule has 1 aromatic carbocycles. The van der Waals surface area contributed by atoms with Crippen LogP contribution < -0.4 is 5.32 Å². The summed E-state index contributed by atoms with van der Waals surface area (Å²) in [7, 11) is 0. The molecule has 0 aliphatic rings. The molecule has 1 N–H and O–H groups in total. The molecule has 0 bridgehead atoms. The summed E-state index contributed by atoms with van der Waals surface area (Å²) in [5.74, 6) is 0.573. The predicted octanol–water partition coefficient (Wildman–Crippen LogP) is 3.40. The fourth-order valence-corrected chi connectivity index (χ4v) is 2.19. The maximum atomic E-state index is 11.9. The number of nitrogens with zero attached hydrogens (tertiary/aromatic N) is 1. The van der Waals surface area contributed by atoms with Gasteiger partial charge in [0.15, 0.2) is 0 Å². The molecule has 0 aliphatic carbocycles. The average molecular weight is 290 g/mol. The first-order valence-electron chi connectivity index (χ1n) is 7.04. The van der Waals surface area contributed by atoms with E-state index in [1.807, 2.05) is 0 Å². The number of hydrogen-bond acceptors (Lipinski definition) is 3. The second kappa shape index (κ2) is 7.57. The highest BCUT2D eigenvalue weighted by molar-refractivity contribution is 5.91. The van der Waals surface area contributed by atoms with Crippen LogP contribution in [0.3, 0.4) is 0 Å². The summed E-state index contributed by atoms with van der Waals surface area (Å²) in [5.41, 5.74) is 0.790. The van der Waals surface area contributed by atoms with Crippen LogP contribution in [0.15, 0.2) is 30.3 Å². The number of hydrogen-bond donors (Lipinski definition) is 1. The third-order valence-electron chi connectivity index (χ3n) is 3.28. The number of benzene rings is 1. The van der Waals surface area contributed by atoms with Gasteiger partial charge in [-0.1, -0.05) is 27.7 Å². The number of rotatable bonds is 6. The van der Waals surface area contributed by atoms with Crippen LogP contribution in [0.1, 0.15) is 33.3 Å². The van der Waals surface area contributed by atoms with Crippen LogP contribution in [-0.4, -0.2) is 16.9 Å². The first kappa shape index (κ1) is 16.9. The van der Waals surface area contributed by atoms with Crippen molar-refractivity contribution in [2.24, 2.45) is 11.8 Å². The number of nitro benzene ring substituents is 1. The van der Waals surface area contributed by atoms with Crippen LogP contribution >= 0.6 is 0 Å². The fourth-order valence-electron chi connectivity index (χ4n) is 2.19. The van der Waals surface area contributed by atoms with Gasteiger partial charge in [-0.3, -0.25) is 14.9 Å². The summed E-state index contributed by atoms with van der Waals surface area (Å²) >= 11 is 0. The van der Waals surface area contributed by atoms with Crippen molar-refractivity contribution in [3.63, 3.8) is 0 Å². The van der Waals surface area contributed by atoms with Crippen LogP contribution in [0.2, 0.25) is 0 Å². The second-order valence-corrected chi connectivity index (χ2v) is 5.70.